The minimum atomic E-state index is -4.53. The van der Waals surface area contributed by atoms with Crippen molar-refractivity contribution in [2.45, 2.75) is 25.1 Å². The number of hydrogen-bond donors (Lipinski definition) is 2. The zero-order chi connectivity index (χ0) is 13.1. The van der Waals surface area contributed by atoms with Crippen LogP contribution in [0, 0.1) is 0 Å². The molecule has 0 aliphatic carbocycles. The van der Waals surface area contributed by atoms with Gasteiger partial charge < -0.3 is 5.32 Å². The van der Waals surface area contributed by atoms with Crippen molar-refractivity contribution in [2.75, 3.05) is 26.7 Å². The first-order valence-electron chi connectivity index (χ1n) is 5.23. The fourth-order valence-electron chi connectivity index (χ4n) is 1.65. The Bertz CT molecular complexity index is 336. The van der Waals surface area contributed by atoms with Gasteiger partial charge in [-0.3, -0.25) is 0 Å². The molecule has 2 N–H and O–H groups in total. The lowest BCUT2D eigenvalue weighted by Gasteiger charge is -2.31. The lowest BCUT2D eigenvalue weighted by Crippen LogP contribution is -2.49. The van der Waals surface area contributed by atoms with Crippen LogP contribution in [0.25, 0.3) is 0 Å². The SMILES string of the molecule is CNC1CCN(S(=O)(=O)NCC(F)(F)F)CC1. The van der Waals surface area contributed by atoms with Crippen molar-refractivity contribution in [2.24, 2.45) is 0 Å². The summed E-state index contributed by atoms with van der Waals surface area (Å²) in [5, 5.41) is 3.01. The van der Waals surface area contributed by atoms with Crippen molar-refractivity contribution in [3.05, 3.63) is 0 Å². The number of nitrogens with zero attached hydrogens (tertiary/aromatic N) is 1. The molecule has 9 heteroatoms. The van der Waals surface area contributed by atoms with E-state index in [0.717, 1.165) is 4.31 Å². The van der Waals surface area contributed by atoms with Gasteiger partial charge in [-0.15, -0.1) is 0 Å². The molecule has 0 aromatic carbocycles. The summed E-state index contributed by atoms with van der Waals surface area (Å²) in [6.07, 6.45) is -3.33. The number of alkyl halides is 3. The van der Waals surface area contributed by atoms with E-state index in [1.807, 2.05) is 0 Å². The van der Waals surface area contributed by atoms with E-state index in [2.05, 4.69) is 5.32 Å². The van der Waals surface area contributed by atoms with Gasteiger partial charge in [-0.25, -0.2) is 0 Å². The van der Waals surface area contributed by atoms with Crippen LogP contribution in [0.2, 0.25) is 0 Å². The van der Waals surface area contributed by atoms with Crippen LogP contribution in [0.5, 0.6) is 0 Å². The lowest BCUT2D eigenvalue weighted by atomic mass is 10.1. The van der Waals surface area contributed by atoms with E-state index >= 15 is 0 Å². The second-order valence-corrected chi connectivity index (χ2v) is 5.66. The fourth-order valence-corrected chi connectivity index (χ4v) is 2.87. The largest absolute Gasteiger partial charge is 0.402 e. The molecule has 0 spiro atoms. The van der Waals surface area contributed by atoms with Gasteiger partial charge >= 0.3 is 6.18 Å². The number of rotatable bonds is 4. The summed E-state index contributed by atoms with van der Waals surface area (Å²) >= 11 is 0. The quantitative estimate of drug-likeness (QED) is 0.763. The molecule has 0 unspecified atom stereocenters. The molecule has 0 atom stereocenters. The number of piperidine rings is 1. The van der Waals surface area contributed by atoms with Crippen LogP contribution in [-0.4, -0.2) is 51.6 Å². The Morgan fingerprint density at radius 3 is 2.24 bits per heavy atom. The topological polar surface area (TPSA) is 61.4 Å². The second-order valence-electron chi connectivity index (χ2n) is 3.90. The Labute approximate surface area is 98.5 Å². The maximum atomic E-state index is 11.9. The monoisotopic (exact) mass is 275 g/mol. The zero-order valence-electron chi connectivity index (χ0n) is 9.42. The molecule has 0 aromatic heterocycles. The Morgan fingerprint density at radius 2 is 1.82 bits per heavy atom. The molecule has 1 saturated heterocycles. The predicted molar refractivity (Wildman–Crippen MR) is 56.6 cm³/mol. The van der Waals surface area contributed by atoms with Gasteiger partial charge in [0.25, 0.3) is 10.2 Å². The van der Waals surface area contributed by atoms with Gasteiger partial charge in [-0.2, -0.15) is 30.6 Å². The van der Waals surface area contributed by atoms with Crippen LogP contribution >= 0.6 is 0 Å². The highest BCUT2D eigenvalue weighted by Gasteiger charge is 2.33. The molecule has 0 bridgehead atoms. The summed E-state index contributed by atoms with van der Waals surface area (Å²) in [6, 6.07) is 0.226. The smallest absolute Gasteiger partial charge is 0.317 e. The van der Waals surface area contributed by atoms with Crippen LogP contribution in [0.1, 0.15) is 12.8 Å². The predicted octanol–water partition coefficient (Wildman–Crippen LogP) is 0.0669. The minimum Gasteiger partial charge on any atom is -0.317 e. The van der Waals surface area contributed by atoms with Crippen molar-refractivity contribution in [1.29, 1.82) is 0 Å². The van der Waals surface area contributed by atoms with E-state index in [0.29, 0.717) is 12.8 Å². The first kappa shape index (κ1) is 14.7. The molecule has 0 saturated carbocycles. The summed E-state index contributed by atoms with van der Waals surface area (Å²) in [5.41, 5.74) is 0. The van der Waals surface area contributed by atoms with E-state index in [1.165, 1.54) is 0 Å². The minimum absolute atomic E-state index is 0.226. The highest BCUT2D eigenvalue weighted by Crippen LogP contribution is 2.16. The van der Waals surface area contributed by atoms with Gasteiger partial charge in [0, 0.05) is 19.1 Å². The molecule has 1 aliphatic rings. The Balaban J connectivity index is 2.49. The third kappa shape index (κ3) is 4.78. The summed E-state index contributed by atoms with van der Waals surface area (Å²) in [5.74, 6) is 0. The highest BCUT2D eigenvalue weighted by molar-refractivity contribution is 7.87. The molecule has 5 nitrogen and oxygen atoms in total. The lowest BCUT2D eigenvalue weighted by molar-refractivity contribution is -0.121. The third-order valence-corrected chi connectivity index (χ3v) is 4.21. The normalized spacial score (nSPS) is 20.7. The molecule has 102 valence electrons. The number of hydrogen-bond acceptors (Lipinski definition) is 3. The fraction of sp³-hybridized carbons (Fsp3) is 1.00. The molecule has 17 heavy (non-hydrogen) atoms. The molecule has 1 heterocycles. The molecule has 1 aliphatic heterocycles. The average molecular weight is 275 g/mol. The number of nitrogens with one attached hydrogen (secondary N) is 2. The Morgan fingerprint density at radius 1 is 1.29 bits per heavy atom. The van der Waals surface area contributed by atoms with Crippen LogP contribution in [-0.2, 0) is 10.2 Å². The molecular formula is C8H16F3N3O2S. The van der Waals surface area contributed by atoms with Crippen LogP contribution in [0.4, 0.5) is 13.2 Å². The number of halogens is 3. The van der Waals surface area contributed by atoms with Gasteiger partial charge in [0.2, 0.25) is 0 Å². The van der Waals surface area contributed by atoms with Crippen LogP contribution < -0.4 is 10.0 Å². The zero-order valence-corrected chi connectivity index (χ0v) is 10.2. The molecular weight excluding hydrogens is 259 g/mol. The summed E-state index contributed by atoms with van der Waals surface area (Å²) in [4.78, 5) is 0. The second kappa shape index (κ2) is 5.51. The Hall–Kier alpha value is -0.380. The van der Waals surface area contributed by atoms with E-state index in [4.69, 9.17) is 0 Å². The van der Waals surface area contributed by atoms with Gasteiger partial charge in [0.1, 0.15) is 6.54 Å². The first-order chi connectivity index (χ1) is 7.74. The molecule has 0 aromatic rings. The van der Waals surface area contributed by atoms with E-state index in [1.54, 1.807) is 11.8 Å². The van der Waals surface area contributed by atoms with Crippen LogP contribution in [0.3, 0.4) is 0 Å². The molecule has 1 fully saturated rings. The van der Waals surface area contributed by atoms with E-state index < -0.39 is 22.9 Å². The van der Waals surface area contributed by atoms with Crippen molar-refractivity contribution >= 4 is 10.2 Å². The maximum Gasteiger partial charge on any atom is 0.402 e. The third-order valence-electron chi connectivity index (χ3n) is 2.66. The summed E-state index contributed by atoms with van der Waals surface area (Å²) in [6.45, 7) is -1.06. The Kier molecular flexibility index (Phi) is 4.76. The van der Waals surface area contributed by atoms with E-state index in [-0.39, 0.29) is 19.1 Å². The highest BCUT2D eigenvalue weighted by atomic mass is 32.2. The summed E-state index contributed by atoms with van der Waals surface area (Å²) in [7, 11) is -2.24. The van der Waals surface area contributed by atoms with Gasteiger partial charge in [0.05, 0.1) is 0 Å². The van der Waals surface area contributed by atoms with Gasteiger partial charge in [0.15, 0.2) is 0 Å². The van der Waals surface area contributed by atoms with Crippen molar-refractivity contribution in [3.8, 4) is 0 Å². The van der Waals surface area contributed by atoms with Gasteiger partial charge in [-0.1, -0.05) is 0 Å². The van der Waals surface area contributed by atoms with Crippen molar-refractivity contribution in [3.63, 3.8) is 0 Å². The standard InChI is InChI=1S/C8H16F3N3O2S/c1-12-7-2-4-14(5-3-7)17(15,16)13-6-8(9,10)11/h7,12-13H,2-6H2,1H3. The van der Waals surface area contributed by atoms with Crippen molar-refractivity contribution in [1.82, 2.24) is 14.3 Å². The molecule has 0 radical (unpaired) electrons. The molecule has 1 rings (SSSR count). The van der Waals surface area contributed by atoms with E-state index in [9.17, 15) is 21.6 Å². The van der Waals surface area contributed by atoms with Crippen molar-refractivity contribution < 1.29 is 21.6 Å². The molecule has 0 amide bonds. The summed E-state index contributed by atoms with van der Waals surface area (Å²) < 4.78 is 61.4. The van der Waals surface area contributed by atoms with Crippen LogP contribution in [0.15, 0.2) is 0 Å². The van der Waals surface area contributed by atoms with Gasteiger partial charge in [-0.05, 0) is 19.9 Å². The first-order valence-corrected chi connectivity index (χ1v) is 6.67. The average Bonchev–Trinajstić information content (AvgIpc) is 2.26. The maximum absolute atomic E-state index is 11.9.